The molecule has 72 heavy (non-hydrogen) atoms. The number of imidazole rings is 2. The first-order chi connectivity index (χ1) is 34.8. The van der Waals surface area contributed by atoms with Crippen LogP contribution >= 0.6 is 0 Å². The number of piperidine rings is 1. The molecular formula is C55H67FN10O6. The molecule has 3 saturated heterocycles. The topological polar surface area (TPSA) is 194 Å². The van der Waals surface area contributed by atoms with E-state index in [1.165, 1.54) is 13.5 Å². The van der Waals surface area contributed by atoms with Crippen LogP contribution in [0, 0.1) is 17.7 Å². The standard InChI is InChI=1S/C54H65FN10O4.CH2O2/c1-33(2)48(56-5)52(66)63-28-10-12-46(63)50-57-31-41(59-50)35-14-18-37(19-15-35)43-24-25-44(65(43)39-22-23-45(40(55)30-39)62-26-8-7-9-27-62)38-20-16-36(17-21-38)42-32-58-51(60-42)47-13-11-29-64(47)53(67)49(34(3)4)61-54(68)69-6;2-1-3/h14-25,30-34,46-49,56H,7-13,26-29H2,1-6H3,(H,57,59)(H,58,60)(H,61,68);1H,(H,2,3)/t46-,47-,48-,49?;/m0./s1. The number of rotatable bonds is 14. The van der Waals surface area contributed by atoms with E-state index in [1.54, 1.807) is 12.3 Å². The van der Waals surface area contributed by atoms with Gasteiger partial charge in [-0.2, -0.15) is 0 Å². The number of aromatic nitrogens is 5. The van der Waals surface area contributed by atoms with Crippen molar-refractivity contribution in [3.05, 3.63) is 109 Å². The lowest BCUT2D eigenvalue weighted by atomic mass is 10.0. The van der Waals surface area contributed by atoms with Gasteiger partial charge < -0.3 is 49.7 Å². The van der Waals surface area contributed by atoms with Gasteiger partial charge in [-0.25, -0.2) is 19.2 Å². The predicted molar refractivity (Wildman–Crippen MR) is 276 cm³/mol. The molecule has 0 radical (unpaired) electrons. The molecule has 3 aromatic carbocycles. The summed E-state index contributed by atoms with van der Waals surface area (Å²) in [5.41, 5.74) is 8.69. The predicted octanol–water partition coefficient (Wildman–Crippen LogP) is 9.37. The molecule has 3 amide bonds. The number of aromatic amines is 2. The number of carbonyl (C=O) groups is 4. The largest absolute Gasteiger partial charge is 0.483 e. The third-order valence-electron chi connectivity index (χ3n) is 14.3. The Morgan fingerprint density at radius 1 is 0.694 bits per heavy atom. The van der Waals surface area contributed by atoms with Crippen LogP contribution in [0.5, 0.6) is 0 Å². The van der Waals surface area contributed by atoms with Crippen LogP contribution in [-0.4, -0.2) is 116 Å². The highest BCUT2D eigenvalue weighted by Crippen LogP contribution is 2.38. The number of hydrogen-bond acceptors (Lipinski definition) is 9. The van der Waals surface area contributed by atoms with Crippen LogP contribution in [0.25, 0.3) is 50.7 Å². The van der Waals surface area contributed by atoms with Crippen molar-refractivity contribution in [2.45, 2.75) is 96.8 Å². The minimum atomic E-state index is -0.715. The van der Waals surface area contributed by atoms with Crippen molar-refractivity contribution >= 4 is 30.1 Å². The molecule has 6 aromatic rings. The zero-order valence-corrected chi connectivity index (χ0v) is 42.0. The summed E-state index contributed by atoms with van der Waals surface area (Å²) in [6.45, 7) is 10.7. The van der Waals surface area contributed by atoms with Crippen LogP contribution in [0.2, 0.25) is 0 Å². The third kappa shape index (κ3) is 10.8. The molecule has 0 saturated carbocycles. The first kappa shape index (κ1) is 51.1. The minimum absolute atomic E-state index is 0.100. The summed E-state index contributed by atoms with van der Waals surface area (Å²) >= 11 is 0. The Hall–Kier alpha value is -7.27. The fourth-order valence-electron chi connectivity index (χ4n) is 10.6. The molecule has 6 heterocycles. The first-order valence-corrected chi connectivity index (χ1v) is 25.1. The summed E-state index contributed by atoms with van der Waals surface area (Å²) in [4.78, 5) is 70.3. The number of ether oxygens (including phenoxy) is 1. The van der Waals surface area contributed by atoms with Crippen LogP contribution in [-0.2, 0) is 19.1 Å². The van der Waals surface area contributed by atoms with Crippen molar-refractivity contribution in [3.63, 3.8) is 0 Å². The Morgan fingerprint density at radius 3 is 1.61 bits per heavy atom. The van der Waals surface area contributed by atoms with Gasteiger partial charge in [0.1, 0.15) is 23.5 Å². The molecule has 1 unspecified atom stereocenters. The second-order valence-electron chi connectivity index (χ2n) is 19.5. The average molecular weight is 983 g/mol. The summed E-state index contributed by atoms with van der Waals surface area (Å²) in [6.07, 6.45) is 9.67. The maximum atomic E-state index is 16.2. The second kappa shape index (κ2) is 22.9. The van der Waals surface area contributed by atoms with Crippen molar-refractivity contribution in [1.29, 1.82) is 0 Å². The van der Waals surface area contributed by atoms with Gasteiger partial charge in [0.05, 0.1) is 66.1 Å². The summed E-state index contributed by atoms with van der Waals surface area (Å²) < 4.78 is 23.2. The smallest absolute Gasteiger partial charge is 0.407 e. The number of H-pyrrole nitrogens is 2. The number of nitrogens with one attached hydrogen (secondary N) is 4. The maximum absolute atomic E-state index is 16.2. The molecule has 3 aliphatic heterocycles. The van der Waals surface area contributed by atoms with E-state index < -0.39 is 12.1 Å². The minimum Gasteiger partial charge on any atom is -0.483 e. The number of hydrogen-bond donors (Lipinski definition) is 5. The zero-order chi connectivity index (χ0) is 51.1. The van der Waals surface area contributed by atoms with Gasteiger partial charge in [0.15, 0.2) is 0 Å². The van der Waals surface area contributed by atoms with E-state index in [2.05, 4.69) is 92.4 Å². The number of carboxylic acid groups (broad SMARTS) is 1. The lowest BCUT2D eigenvalue weighted by Gasteiger charge is -2.30. The molecule has 3 aromatic heterocycles. The van der Waals surface area contributed by atoms with Crippen molar-refractivity contribution < 1.29 is 33.4 Å². The fourth-order valence-corrected chi connectivity index (χ4v) is 10.6. The zero-order valence-electron chi connectivity index (χ0n) is 42.0. The van der Waals surface area contributed by atoms with E-state index in [-0.39, 0.29) is 54.1 Å². The van der Waals surface area contributed by atoms with E-state index in [1.807, 2.05) is 61.2 Å². The van der Waals surface area contributed by atoms with E-state index in [9.17, 15) is 14.4 Å². The van der Waals surface area contributed by atoms with Crippen molar-refractivity contribution in [2.24, 2.45) is 11.8 Å². The van der Waals surface area contributed by atoms with E-state index in [0.29, 0.717) is 24.6 Å². The van der Waals surface area contributed by atoms with Crippen LogP contribution < -0.4 is 15.5 Å². The van der Waals surface area contributed by atoms with Crippen LogP contribution in [0.15, 0.2) is 91.3 Å². The molecule has 0 aliphatic carbocycles. The molecule has 16 nitrogen and oxygen atoms in total. The number of methoxy groups -OCH3 is 1. The molecular weight excluding hydrogens is 916 g/mol. The van der Waals surface area contributed by atoms with Crippen molar-refractivity contribution in [1.82, 2.24) is 44.9 Å². The number of carbonyl (C=O) groups excluding carboxylic acids is 3. The highest BCUT2D eigenvalue weighted by Gasteiger charge is 2.38. The molecule has 3 fully saturated rings. The number of benzene rings is 3. The van der Waals surface area contributed by atoms with Crippen molar-refractivity contribution in [3.8, 4) is 50.7 Å². The number of amides is 3. The number of halogens is 1. The van der Waals surface area contributed by atoms with E-state index >= 15 is 4.39 Å². The lowest BCUT2D eigenvalue weighted by molar-refractivity contribution is -0.136. The molecule has 5 N–H and O–H groups in total. The fraction of sp³-hybridized carbons (Fsp3) is 0.418. The SMILES string of the molecule is CN[C@H](C(=O)N1CCC[C@H]1c1ncc(-c2ccc(-c3ccc(-c4ccc(-c5cnc([C@@H]6CCCN6C(=O)C(NC(=O)OC)C(C)C)[nH]5)cc4)n3-c3ccc(N4CCCCC4)c(F)c3)cc2)[nH]1)C(C)C.O=CO. The molecule has 4 atom stereocenters. The van der Waals surface area contributed by atoms with Gasteiger partial charge in [0, 0.05) is 37.9 Å². The highest BCUT2D eigenvalue weighted by atomic mass is 19.1. The van der Waals surface area contributed by atoms with Gasteiger partial charge in [-0.1, -0.05) is 76.2 Å². The maximum Gasteiger partial charge on any atom is 0.407 e. The summed E-state index contributed by atoms with van der Waals surface area (Å²) in [7, 11) is 3.14. The van der Waals surface area contributed by atoms with Crippen LogP contribution in [0.4, 0.5) is 14.9 Å². The molecule has 17 heteroatoms. The van der Waals surface area contributed by atoms with Gasteiger partial charge in [-0.05, 0) is 110 Å². The summed E-state index contributed by atoms with van der Waals surface area (Å²) in [5.74, 6) is 1.25. The normalized spacial score (nSPS) is 17.7. The Morgan fingerprint density at radius 2 is 1.17 bits per heavy atom. The number of anilines is 1. The Balaban J connectivity index is 0.00000226. The highest BCUT2D eigenvalue weighted by molar-refractivity contribution is 5.86. The summed E-state index contributed by atoms with van der Waals surface area (Å²) in [5, 5.41) is 12.8. The third-order valence-corrected chi connectivity index (χ3v) is 14.3. The second-order valence-corrected chi connectivity index (χ2v) is 19.5. The number of likely N-dealkylation sites (tertiary alicyclic amines) is 2. The molecule has 380 valence electrons. The summed E-state index contributed by atoms with van der Waals surface area (Å²) in [6, 6.07) is 25.0. The van der Waals surface area contributed by atoms with Gasteiger partial charge in [-0.3, -0.25) is 14.4 Å². The van der Waals surface area contributed by atoms with E-state index in [0.717, 1.165) is 108 Å². The molecule has 3 aliphatic rings. The van der Waals surface area contributed by atoms with Gasteiger partial charge in [0.25, 0.3) is 6.47 Å². The quantitative estimate of drug-likeness (QED) is 0.0657. The number of likely N-dealkylation sites (N-methyl/N-ethyl adjacent to an activating group) is 1. The molecule has 0 bridgehead atoms. The van der Waals surface area contributed by atoms with Gasteiger partial charge in [-0.15, -0.1) is 0 Å². The first-order valence-electron chi connectivity index (χ1n) is 25.1. The number of nitrogens with zero attached hydrogens (tertiary/aromatic N) is 6. The van der Waals surface area contributed by atoms with Gasteiger partial charge >= 0.3 is 6.09 Å². The Bertz CT molecular complexity index is 2810. The average Bonchev–Trinajstić information content (AvgIpc) is 4.26. The molecule has 0 spiro atoms. The van der Waals surface area contributed by atoms with Crippen LogP contribution in [0.3, 0.4) is 0 Å². The van der Waals surface area contributed by atoms with E-state index in [4.69, 9.17) is 24.6 Å². The Kier molecular flexibility index (Phi) is 16.2. The van der Waals surface area contributed by atoms with Crippen LogP contribution in [0.1, 0.15) is 96.4 Å². The molecule has 9 rings (SSSR count). The van der Waals surface area contributed by atoms with Crippen molar-refractivity contribution in [2.75, 3.05) is 45.2 Å². The lowest BCUT2D eigenvalue weighted by Crippen LogP contribution is -2.51. The Labute approximate surface area is 420 Å². The van der Waals surface area contributed by atoms with Gasteiger partial charge in [0.2, 0.25) is 11.8 Å². The monoisotopic (exact) mass is 983 g/mol. The number of alkyl carbamates (subject to hydrolysis) is 1.